The van der Waals surface area contributed by atoms with Crippen LogP contribution in [-0.2, 0) is 0 Å². The van der Waals surface area contributed by atoms with Gasteiger partial charge in [0.15, 0.2) is 0 Å². The molecule has 5 rings (SSSR count). The van der Waals surface area contributed by atoms with E-state index < -0.39 is 0 Å². The lowest BCUT2D eigenvalue weighted by Crippen LogP contribution is -2.32. The van der Waals surface area contributed by atoms with Crippen LogP contribution in [0, 0.1) is 5.82 Å². The summed E-state index contributed by atoms with van der Waals surface area (Å²) >= 11 is 0. The molecule has 0 N–H and O–H groups in total. The number of rotatable bonds is 2. The van der Waals surface area contributed by atoms with Crippen molar-refractivity contribution < 1.29 is 9.18 Å². The maximum atomic E-state index is 13.4. The van der Waals surface area contributed by atoms with Crippen molar-refractivity contribution >= 4 is 22.5 Å². The summed E-state index contributed by atoms with van der Waals surface area (Å²) in [6, 6.07) is 20.5. The molecule has 2 aliphatic heterocycles. The molecular formula is C21H18FN3O. The fourth-order valence-corrected chi connectivity index (χ4v) is 4.06. The van der Waals surface area contributed by atoms with Crippen molar-refractivity contribution in [2.45, 2.75) is 12.6 Å². The first-order valence-electron chi connectivity index (χ1n) is 8.84. The minimum Gasteiger partial charge on any atom is -0.270 e. The van der Waals surface area contributed by atoms with Crippen LogP contribution in [0.15, 0.2) is 66.7 Å². The lowest BCUT2D eigenvalue weighted by Gasteiger charge is -2.28. The van der Waals surface area contributed by atoms with Gasteiger partial charge in [0.1, 0.15) is 12.0 Å². The van der Waals surface area contributed by atoms with Crippen LogP contribution in [0.1, 0.15) is 18.2 Å². The molecule has 3 aromatic carbocycles. The Balaban J connectivity index is 1.69. The molecule has 0 unspecified atom stereocenters. The minimum absolute atomic E-state index is 0.0202. The van der Waals surface area contributed by atoms with Crippen LogP contribution >= 0.6 is 0 Å². The van der Waals surface area contributed by atoms with E-state index in [-0.39, 0.29) is 18.0 Å². The lowest BCUT2D eigenvalue weighted by atomic mass is 10.1. The van der Waals surface area contributed by atoms with Crippen LogP contribution in [0.4, 0.5) is 14.9 Å². The van der Waals surface area contributed by atoms with E-state index in [1.807, 2.05) is 52.4 Å². The highest BCUT2D eigenvalue weighted by Gasteiger charge is 2.48. The number of benzene rings is 3. The van der Waals surface area contributed by atoms with Crippen LogP contribution < -0.4 is 4.90 Å². The Bertz CT molecular complexity index is 983. The van der Waals surface area contributed by atoms with Crippen molar-refractivity contribution in [2.24, 2.45) is 0 Å². The molecule has 130 valence electrons. The van der Waals surface area contributed by atoms with Gasteiger partial charge in [-0.05, 0) is 35.6 Å². The van der Waals surface area contributed by atoms with Gasteiger partial charge in [-0.25, -0.2) is 9.18 Å². The number of anilines is 1. The molecule has 4 nitrogen and oxygen atoms in total. The highest BCUT2D eigenvalue weighted by molar-refractivity contribution is 6.04. The summed E-state index contributed by atoms with van der Waals surface area (Å²) in [4.78, 5) is 15.1. The van der Waals surface area contributed by atoms with Crippen LogP contribution in [-0.4, -0.2) is 29.1 Å². The first-order chi connectivity index (χ1) is 12.7. The second-order valence-corrected chi connectivity index (χ2v) is 6.72. The number of hydrogen-bond donors (Lipinski definition) is 0. The third kappa shape index (κ3) is 2.21. The second kappa shape index (κ2) is 5.81. The van der Waals surface area contributed by atoms with E-state index >= 15 is 0 Å². The molecule has 2 heterocycles. The molecule has 0 saturated carbocycles. The van der Waals surface area contributed by atoms with E-state index in [2.05, 4.69) is 5.01 Å². The first kappa shape index (κ1) is 15.3. The van der Waals surface area contributed by atoms with Crippen LogP contribution in [0.5, 0.6) is 0 Å². The summed E-state index contributed by atoms with van der Waals surface area (Å²) in [5.41, 5.74) is 1.80. The molecule has 0 aromatic heterocycles. The zero-order valence-corrected chi connectivity index (χ0v) is 14.2. The molecular weight excluding hydrogens is 329 g/mol. The van der Waals surface area contributed by atoms with Gasteiger partial charge in [0, 0.05) is 18.5 Å². The lowest BCUT2D eigenvalue weighted by molar-refractivity contribution is 0.0728. The summed E-state index contributed by atoms with van der Waals surface area (Å²) in [6.45, 7) is 1.53. The fraction of sp³-hybridized carbons (Fsp3) is 0.190. The zero-order chi connectivity index (χ0) is 17.7. The number of fused-ring (bicyclic) bond motifs is 2. The third-order valence-electron chi connectivity index (χ3n) is 5.22. The van der Waals surface area contributed by atoms with Crippen LogP contribution in [0.25, 0.3) is 10.8 Å². The molecule has 0 bridgehead atoms. The van der Waals surface area contributed by atoms with Gasteiger partial charge in [-0.2, -0.15) is 5.01 Å². The number of halogens is 1. The van der Waals surface area contributed by atoms with Gasteiger partial charge in [0.25, 0.3) is 0 Å². The molecule has 2 amide bonds. The molecule has 2 fully saturated rings. The molecule has 2 saturated heterocycles. The van der Waals surface area contributed by atoms with Crippen molar-refractivity contribution in [2.75, 3.05) is 18.0 Å². The summed E-state index contributed by atoms with van der Waals surface area (Å²) in [6.07, 6.45) is 0.698. The molecule has 3 aromatic rings. The first-order valence-corrected chi connectivity index (χ1v) is 8.84. The Morgan fingerprint density at radius 1 is 0.885 bits per heavy atom. The topological polar surface area (TPSA) is 26.8 Å². The van der Waals surface area contributed by atoms with Crippen molar-refractivity contribution in [3.63, 3.8) is 0 Å². The largest absolute Gasteiger partial charge is 0.340 e. The Kier molecular flexibility index (Phi) is 3.43. The predicted octanol–water partition coefficient (Wildman–Crippen LogP) is 4.54. The highest BCUT2D eigenvalue weighted by Crippen LogP contribution is 2.42. The Morgan fingerprint density at radius 3 is 2.50 bits per heavy atom. The third-order valence-corrected chi connectivity index (χ3v) is 5.22. The summed E-state index contributed by atoms with van der Waals surface area (Å²) in [5, 5.41) is 6.04. The van der Waals surface area contributed by atoms with E-state index in [1.165, 1.54) is 12.1 Å². The maximum Gasteiger partial charge on any atom is 0.340 e. The number of hydrazine groups is 1. The van der Waals surface area contributed by atoms with Gasteiger partial charge in [-0.15, -0.1) is 0 Å². The smallest absolute Gasteiger partial charge is 0.270 e. The number of carbonyl (C=O) groups is 1. The monoisotopic (exact) mass is 347 g/mol. The zero-order valence-electron chi connectivity index (χ0n) is 14.2. The Hall–Kier alpha value is -2.92. The summed E-state index contributed by atoms with van der Waals surface area (Å²) in [5.74, 6) is -0.270. The molecule has 0 radical (unpaired) electrons. The van der Waals surface area contributed by atoms with Crippen LogP contribution in [0.3, 0.4) is 0 Å². The molecule has 2 aliphatic rings. The highest BCUT2D eigenvalue weighted by atomic mass is 19.1. The van der Waals surface area contributed by atoms with Crippen molar-refractivity contribution in [3.8, 4) is 0 Å². The average Bonchev–Trinajstić information content (AvgIpc) is 3.24. The average molecular weight is 347 g/mol. The van der Waals surface area contributed by atoms with E-state index in [9.17, 15) is 9.18 Å². The van der Waals surface area contributed by atoms with Gasteiger partial charge in [0.2, 0.25) is 0 Å². The van der Waals surface area contributed by atoms with Gasteiger partial charge in [-0.3, -0.25) is 9.91 Å². The predicted molar refractivity (Wildman–Crippen MR) is 99.0 cm³/mol. The number of amides is 2. The van der Waals surface area contributed by atoms with Crippen molar-refractivity contribution in [3.05, 3.63) is 78.1 Å². The number of urea groups is 1. The van der Waals surface area contributed by atoms with Gasteiger partial charge < -0.3 is 0 Å². The van der Waals surface area contributed by atoms with Crippen molar-refractivity contribution in [1.82, 2.24) is 10.0 Å². The number of nitrogens with zero attached hydrogens (tertiary/aromatic N) is 3. The molecule has 26 heavy (non-hydrogen) atoms. The fourth-order valence-electron chi connectivity index (χ4n) is 4.06. The Morgan fingerprint density at radius 2 is 1.65 bits per heavy atom. The van der Waals surface area contributed by atoms with Gasteiger partial charge in [-0.1, -0.05) is 48.5 Å². The van der Waals surface area contributed by atoms with Crippen LogP contribution in [0.2, 0.25) is 0 Å². The summed E-state index contributed by atoms with van der Waals surface area (Å²) < 4.78 is 13.4. The standard InChI is InChI=1S/C21H18FN3O/c22-17-11-9-16(10-12-17)20-23-13-4-14-24(23)21(26)25(20)19-8-3-6-15-5-1-2-7-18(15)19/h1-3,5-12,20H,4,13-14H2/t20-/m1/s1. The van der Waals surface area contributed by atoms with Gasteiger partial charge >= 0.3 is 6.03 Å². The van der Waals surface area contributed by atoms with E-state index in [0.29, 0.717) is 0 Å². The quantitative estimate of drug-likeness (QED) is 0.680. The molecule has 0 spiro atoms. The maximum absolute atomic E-state index is 13.4. The number of hydrogen-bond acceptors (Lipinski definition) is 2. The molecule has 0 aliphatic carbocycles. The SMILES string of the molecule is O=C1N(c2cccc3ccccc23)[C@H](c2ccc(F)cc2)N2CCCN12. The molecule has 1 atom stereocenters. The molecule has 5 heteroatoms. The van der Waals surface area contributed by atoms with E-state index in [4.69, 9.17) is 0 Å². The normalized spacial score (nSPS) is 20.2. The Labute approximate surface area is 151 Å². The second-order valence-electron chi connectivity index (χ2n) is 6.72. The van der Waals surface area contributed by atoms with Crippen molar-refractivity contribution in [1.29, 1.82) is 0 Å². The van der Waals surface area contributed by atoms with Gasteiger partial charge in [0.05, 0.1) is 5.69 Å². The summed E-state index contributed by atoms with van der Waals surface area (Å²) in [7, 11) is 0. The number of carbonyl (C=O) groups excluding carboxylic acids is 1. The minimum atomic E-state index is -0.270. The van der Waals surface area contributed by atoms with E-state index in [1.54, 1.807) is 12.1 Å². The van der Waals surface area contributed by atoms with E-state index in [0.717, 1.165) is 41.5 Å².